The van der Waals surface area contributed by atoms with Crippen molar-refractivity contribution in [2.24, 2.45) is 0 Å². The summed E-state index contributed by atoms with van der Waals surface area (Å²) >= 11 is -0.0557. The van der Waals surface area contributed by atoms with Crippen LogP contribution in [0.2, 0.25) is 0 Å². The summed E-state index contributed by atoms with van der Waals surface area (Å²) in [5.41, 5.74) is 28.7. The van der Waals surface area contributed by atoms with Crippen LogP contribution in [0.25, 0.3) is 66.1 Å². The topological polar surface area (TPSA) is 9.72 Å². The Balaban J connectivity index is 0.850. The fraction of sp³-hybridized carbons (Fsp3) is 0. The van der Waals surface area contributed by atoms with Crippen molar-refractivity contribution in [1.82, 2.24) is 0 Å². The molecule has 0 radical (unpaired) electrons. The summed E-state index contributed by atoms with van der Waals surface area (Å²) in [6, 6.07) is 116. The van der Waals surface area contributed by atoms with Crippen LogP contribution in [0, 0.1) is 0 Å². The first kappa shape index (κ1) is 49.1. The van der Waals surface area contributed by atoms with E-state index in [9.17, 15) is 0 Å². The van der Waals surface area contributed by atoms with E-state index in [1.54, 1.807) is 0 Å². The normalized spacial score (nSPS) is 13.2. The van der Waals surface area contributed by atoms with Crippen molar-refractivity contribution < 1.29 is 0 Å². The second-order valence-corrected chi connectivity index (χ2v) is 25.3. The van der Waals surface area contributed by atoms with Gasteiger partial charge in [-0.1, -0.05) is 42.5 Å². The van der Waals surface area contributed by atoms with Crippen molar-refractivity contribution >= 4 is 143 Å². The molecular weight excluding hydrogens is 1100 g/mol. The van der Waals surface area contributed by atoms with Crippen LogP contribution in [0.1, 0.15) is 0 Å². The summed E-state index contributed by atoms with van der Waals surface area (Å²) < 4.78 is 2.85. The van der Waals surface area contributed by atoms with Gasteiger partial charge in [0.05, 0.1) is 0 Å². The van der Waals surface area contributed by atoms with Crippen molar-refractivity contribution in [3.63, 3.8) is 0 Å². The van der Waals surface area contributed by atoms with Crippen molar-refractivity contribution in [2.75, 3.05) is 14.7 Å². The molecule has 0 spiro atoms. The van der Waals surface area contributed by atoms with Gasteiger partial charge in [-0.05, 0) is 5.56 Å². The summed E-state index contributed by atoms with van der Waals surface area (Å²) in [6.07, 6.45) is 0. The molecular formula is C80H51B2N3Se. The van der Waals surface area contributed by atoms with Gasteiger partial charge in [-0.15, -0.1) is 0 Å². The van der Waals surface area contributed by atoms with Crippen LogP contribution in [0.5, 0.6) is 0 Å². The fourth-order valence-electron chi connectivity index (χ4n) is 14.9. The van der Waals surface area contributed by atoms with E-state index in [0.717, 1.165) is 17.1 Å². The van der Waals surface area contributed by atoms with E-state index in [1.807, 2.05) is 0 Å². The molecule has 0 N–H and O–H groups in total. The maximum atomic E-state index is 2.67. The van der Waals surface area contributed by atoms with Gasteiger partial charge in [0.25, 0.3) is 0 Å². The van der Waals surface area contributed by atoms with Gasteiger partial charge in [0, 0.05) is 0 Å². The van der Waals surface area contributed by atoms with Gasteiger partial charge < -0.3 is 0 Å². The molecule has 0 saturated carbocycles. The van der Waals surface area contributed by atoms with Gasteiger partial charge in [0.1, 0.15) is 0 Å². The maximum absolute atomic E-state index is 2.67. The number of hydrogen-bond donors (Lipinski definition) is 0. The van der Waals surface area contributed by atoms with Crippen LogP contribution in [0.15, 0.2) is 309 Å². The molecule has 0 saturated heterocycles. The molecule has 0 unspecified atom stereocenters. The standard InChI is InChI=1S/C80H51B2N3Se/c1-6-24-52(25-7-1)56-46-72-79-73(47-56)85(59-32-14-5-15-33-59)71-51-75-68(50-67(71)81(79)65-38-20-22-40-69(65)83(72)58-30-12-4-13-31-58)82-66-39-21-23-41-70(66)84(74-48-57(49-76(86-75)80(74)82)53-26-8-2-9-27-53)60-44-42-55(43-45-60)78-63-36-18-16-34-61(63)77(54-28-10-3-11-29-54)62-35-17-19-37-64(62)78/h1-51H. The zero-order valence-electron chi connectivity index (χ0n) is 46.8. The third kappa shape index (κ3) is 7.50. The van der Waals surface area contributed by atoms with E-state index in [-0.39, 0.29) is 28.4 Å². The Morgan fingerprint density at radius 3 is 1.09 bits per heavy atom. The Morgan fingerprint density at radius 2 is 0.593 bits per heavy atom. The fourth-order valence-corrected chi connectivity index (χ4v) is 17.4. The van der Waals surface area contributed by atoms with Crippen LogP contribution >= 0.6 is 0 Å². The Hall–Kier alpha value is -10.4. The van der Waals surface area contributed by atoms with E-state index >= 15 is 0 Å². The van der Waals surface area contributed by atoms with Crippen LogP contribution in [0.4, 0.5) is 51.2 Å². The van der Waals surface area contributed by atoms with E-state index in [0.29, 0.717) is 0 Å². The van der Waals surface area contributed by atoms with E-state index in [2.05, 4.69) is 324 Å². The van der Waals surface area contributed by atoms with Crippen molar-refractivity contribution in [1.29, 1.82) is 0 Å². The molecule has 0 amide bonds. The summed E-state index contributed by atoms with van der Waals surface area (Å²) in [4.78, 5) is 7.69. The third-order valence-corrected chi connectivity index (χ3v) is 20.8. The first-order valence-electron chi connectivity index (χ1n) is 29.8. The Kier molecular flexibility index (Phi) is 11.2. The van der Waals surface area contributed by atoms with Crippen molar-refractivity contribution in [2.45, 2.75) is 0 Å². The molecule has 14 aromatic rings. The van der Waals surface area contributed by atoms with Crippen molar-refractivity contribution in [3.05, 3.63) is 309 Å². The summed E-state index contributed by atoms with van der Waals surface area (Å²) in [5, 5.41) is 5.03. The number of benzene rings is 14. The average Bonchev–Trinajstić information content (AvgIpc) is 0.727. The Morgan fingerprint density at radius 1 is 0.221 bits per heavy atom. The average molecular weight is 1150 g/mol. The molecule has 0 atom stereocenters. The molecule has 0 bridgehead atoms. The molecule has 3 nitrogen and oxygen atoms in total. The number of hydrogen-bond acceptors (Lipinski definition) is 3. The molecule has 4 aliphatic rings. The minimum atomic E-state index is -0.0557. The molecule has 18 rings (SSSR count). The van der Waals surface area contributed by atoms with Gasteiger partial charge in [-0.25, -0.2) is 0 Å². The summed E-state index contributed by atoms with van der Waals surface area (Å²) in [7, 11) is 0. The first-order chi connectivity index (χ1) is 42.7. The molecule has 14 aromatic carbocycles. The predicted molar refractivity (Wildman–Crippen MR) is 368 cm³/mol. The third-order valence-electron chi connectivity index (χ3n) is 18.4. The molecule has 4 heterocycles. The van der Waals surface area contributed by atoms with Crippen LogP contribution < -0.4 is 56.4 Å². The van der Waals surface area contributed by atoms with Gasteiger partial charge in [0.15, 0.2) is 0 Å². The zero-order valence-corrected chi connectivity index (χ0v) is 48.6. The number of nitrogens with zero attached hydrogens (tertiary/aromatic N) is 3. The predicted octanol–water partition coefficient (Wildman–Crippen LogP) is 15.0. The molecule has 0 aromatic heterocycles. The molecule has 6 heteroatoms. The molecule has 0 aliphatic carbocycles. The number of para-hydroxylation sites is 4. The van der Waals surface area contributed by atoms with E-state index in [4.69, 9.17) is 0 Å². The summed E-state index contributed by atoms with van der Waals surface area (Å²) in [5.74, 6) is 0. The summed E-state index contributed by atoms with van der Waals surface area (Å²) in [6.45, 7) is -0.0350. The van der Waals surface area contributed by atoms with E-state index < -0.39 is 0 Å². The van der Waals surface area contributed by atoms with Gasteiger partial charge >= 0.3 is 463 Å². The molecule has 0 fully saturated rings. The first-order valence-corrected chi connectivity index (χ1v) is 31.5. The number of anilines is 9. The molecule has 398 valence electrons. The number of rotatable bonds is 7. The van der Waals surface area contributed by atoms with Gasteiger partial charge in [0.2, 0.25) is 0 Å². The Labute approximate surface area is 508 Å². The number of fused-ring (bicyclic) bond motifs is 10. The Bertz CT molecular complexity index is 4980. The SMILES string of the molecule is c1ccc(-c2cc3c4c(c2)N(c2ccc(-c5c6ccccc6c(-c6ccccc6)c6ccccc56)cc2)c2ccccc2B4c2cc4c(cc2[Se]3)N(c2ccccc2)c2cc(-c3ccccc3)cc3c2B4c2ccccc2N3c2ccccc2)cc1. The van der Waals surface area contributed by atoms with Crippen molar-refractivity contribution in [3.8, 4) is 44.5 Å². The van der Waals surface area contributed by atoms with Crippen LogP contribution in [-0.2, 0) is 0 Å². The minimum absolute atomic E-state index is 0.000481. The van der Waals surface area contributed by atoms with Gasteiger partial charge in [-0.2, -0.15) is 0 Å². The van der Waals surface area contributed by atoms with Crippen LogP contribution in [-0.4, -0.2) is 28.4 Å². The zero-order chi connectivity index (χ0) is 56.4. The second kappa shape index (κ2) is 19.6. The monoisotopic (exact) mass is 1160 g/mol. The quantitative estimate of drug-likeness (QED) is 0.116. The van der Waals surface area contributed by atoms with Gasteiger partial charge in [-0.3, -0.25) is 0 Å². The van der Waals surface area contributed by atoms with E-state index in [1.165, 1.54) is 142 Å². The second-order valence-electron chi connectivity index (χ2n) is 23.0. The molecule has 4 aliphatic heterocycles. The molecule has 86 heavy (non-hydrogen) atoms. The van der Waals surface area contributed by atoms with Crippen LogP contribution in [0.3, 0.4) is 0 Å².